The fourth-order valence-electron chi connectivity index (χ4n) is 9.33. The van der Waals surface area contributed by atoms with Crippen LogP contribution in [0.3, 0.4) is 0 Å². The van der Waals surface area contributed by atoms with Gasteiger partial charge in [0, 0.05) is 0 Å². The smallest absolute Gasteiger partial charge is 0.311 e. The molecule has 9 atom stereocenters. The first kappa shape index (κ1) is 19.4. The second-order valence-corrected chi connectivity index (χ2v) is 11.9. The lowest BCUT2D eigenvalue weighted by atomic mass is 9.48. The van der Waals surface area contributed by atoms with E-state index < -0.39 is 0 Å². The number of hydrogen-bond acceptors (Lipinski definition) is 3. The van der Waals surface area contributed by atoms with Crippen molar-refractivity contribution in [2.24, 2.45) is 52.3 Å². The van der Waals surface area contributed by atoms with Crippen LogP contribution in [0.5, 0.6) is 0 Å². The van der Waals surface area contributed by atoms with Crippen LogP contribution >= 0.6 is 0 Å². The van der Waals surface area contributed by atoms with Gasteiger partial charge in [0.2, 0.25) is 0 Å². The van der Waals surface area contributed by atoms with Crippen molar-refractivity contribution >= 4 is 5.97 Å². The lowest BCUT2D eigenvalue weighted by Gasteiger charge is -2.57. The molecule has 5 fully saturated rings. The molecule has 5 rings (SSSR count). The summed E-state index contributed by atoms with van der Waals surface area (Å²) in [6, 6.07) is 0. The van der Waals surface area contributed by atoms with E-state index in [0.29, 0.717) is 23.9 Å². The molecule has 0 aliphatic heterocycles. The summed E-state index contributed by atoms with van der Waals surface area (Å²) in [7, 11) is 0. The average Bonchev–Trinajstić information content (AvgIpc) is 3.22. The Kier molecular flexibility index (Phi) is 4.31. The van der Waals surface area contributed by atoms with Crippen LogP contribution in [-0.4, -0.2) is 23.3 Å². The summed E-state index contributed by atoms with van der Waals surface area (Å²) >= 11 is 0. The first-order valence-corrected chi connectivity index (χ1v) is 12.1. The van der Waals surface area contributed by atoms with Crippen LogP contribution < -0.4 is 0 Å². The Morgan fingerprint density at radius 2 is 1.61 bits per heavy atom. The fraction of sp³-hybridized carbons (Fsp3) is 0.960. The molecule has 0 aromatic carbocycles. The molecule has 0 aromatic heterocycles. The van der Waals surface area contributed by atoms with E-state index in [4.69, 9.17) is 4.74 Å². The number of hydrogen-bond donors (Lipinski definition) is 1. The molecule has 28 heavy (non-hydrogen) atoms. The molecule has 0 saturated heterocycles. The van der Waals surface area contributed by atoms with Gasteiger partial charge < -0.3 is 9.84 Å². The van der Waals surface area contributed by atoms with Gasteiger partial charge in [0.05, 0.1) is 17.6 Å². The Morgan fingerprint density at radius 3 is 2.29 bits per heavy atom. The minimum Gasteiger partial charge on any atom is -0.466 e. The molecule has 3 nitrogen and oxygen atoms in total. The minimum absolute atomic E-state index is 0.00741. The standard InChI is InChI=1S/C25H40O3/c1-5-28-22(26)23(2,3)21-9-8-19-17-6-7-18-16(11-13-25(27)14-20(18)25)15(17)10-12-24(19,21)4/h15-21,27H,5-14H2,1-4H3/t15-,16-,17-,18+,19+,20?,21-,24+,25+/m1/s1. The van der Waals surface area contributed by atoms with Gasteiger partial charge in [-0.2, -0.15) is 0 Å². The molecule has 5 saturated carbocycles. The average molecular weight is 389 g/mol. The van der Waals surface area contributed by atoms with Crippen LogP contribution in [0.25, 0.3) is 0 Å². The lowest BCUT2D eigenvalue weighted by Crippen LogP contribution is -2.51. The Bertz CT molecular complexity index is 656. The van der Waals surface area contributed by atoms with E-state index in [1.807, 2.05) is 6.92 Å². The summed E-state index contributed by atoms with van der Waals surface area (Å²) in [4.78, 5) is 12.8. The summed E-state index contributed by atoms with van der Waals surface area (Å²) in [5, 5.41) is 10.7. The van der Waals surface area contributed by atoms with Gasteiger partial charge in [-0.3, -0.25) is 4.79 Å². The Hall–Kier alpha value is -0.570. The molecule has 0 spiro atoms. The Balaban J connectivity index is 1.36. The normalized spacial score (nSPS) is 52.1. The summed E-state index contributed by atoms with van der Waals surface area (Å²) < 4.78 is 5.48. The Labute approximate surface area is 171 Å². The molecular formula is C25H40O3. The van der Waals surface area contributed by atoms with E-state index in [2.05, 4.69) is 20.8 Å². The van der Waals surface area contributed by atoms with Crippen LogP contribution in [-0.2, 0) is 9.53 Å². The zero-order valence-corrected chi connectivity index (χ0v) is 18.4. The molecule has 158 valence electrons. The number of carbonyl (C=O) groups is 1. The van der Waals surface area contributed by atoms with Gasteiger partial charge in [0.25, 0.3) is 0 Å². The third-order valence-corrected chi connectivity index (χ3v) is 10.6. The van der Waals surface area contributed by atoms with Crippen molar-refractivity contribution in [2.45, 2.75) is 91.1 Å². The van der Waals surface area contributed by atoms with Crippen molar-refractivity contribution in [2.75, 3.05) is 6.61 Å². The van der Waals surface area contributed by atoms with Crippen molar-refractivity contribution < 1.29 is 14.6 Å². The summed E-state index contributed by atoms with van der Waals surface area (Å²) in [5.41, 5.74) is -0.350. The van der Waals surface area contributed by atoms with Gasteiger partial charge in [0.15, 0.2) is 0 Å². The van der Waals surface area contributed by atoms with Crippen molar-refractivity contribution in [1.82, 2.24) is 0 Å². The van der Waals surface area contributed by atoms with Gasteiger partial charge in [-0.25, -0.2) is 0 Å². The second kappa shape index (κ2) is 6.22. The molecule has 0 bridgehead atoms. The number of carbonyl (C=O) groups excluding carboxylic acids is 1. The molecule has 5 aliphatic carbocycles. The zero-order valence-electron chi connectivity index (χ0n) is 18.4. The number of fused-ring (bicyclic) bond motifs is 7. The minimum atomic E-state index is -0.376. The SMILES string of the molecule is CCOC(=O)C(C)(C)[C@H]1CC[C@H]2[C@@H]3CC[C@@H]4C5C[C@@]5(O)CC[C@@H]4[C@H]3CC[C@]12C. The number of esters is 1. The summed E-state index contributed by atoms with van der Waals surface area (Å²) in [6.07, 6.45) is 11.2. The predicted octanol–water partition coefficient (Wildman–Crippen LogP) is 5.21. The van der Waals surface area contributed by atoms with E-state index in [0.717, 1.165) is 42.4 Å². The highest BCUT2D eigenvalue weighted by Crippen LogP contribution is 2.70. The highest BCUT2D eigenvalue weighted by atomic mass is 16.5. The van der Waals surface area contributed by atoms with E-state index in [9.17, 15) is 9.90 Å². The lowest BCUT2D eigenvalue weighted by molar-refractivity contribution is -0.162. The molecule has 0 aromatic rings. The maximum Gasteiger partial charge on any atom is 0.311 e. The van der Waals surface area contributed by atoms with Crippen molar-refractivity contribution in [1.29, 1.82) is 0 Å². The molecule has 0 radical (unpaired) electrons. The zero-order chi connectivity index (χ0) is 19.9. The summed E-state index contributed by atoms with van der Waals surface area (Å²) in [5.74, 6) is 5.27. The molecule has 0 amide bonds. The van der Waals surface area contributed by atoms with Crippen LogP contribution in [0.15, 0.2) is 0 Å². The first-order chi connectivity index (χ1) is 13.2. The molecular weight excluding hydrogens is 348 g/mol. The van der Waals surface area contributed by atoms with Crippen molar-refractivity contribution in [3.63, 3.8) is 0 Å². The maximum atomic E-state index is 12.8. The van der Waals surface area contributed by atoms with Gasteiger partial charge >= 0.3 is 5.97 Å². The van der Waals surface area contributed by atoms with E-state index in [-0.39, 0.29) is 17.0 Å². The van der Waals surface area contributed by atoms with Crippen LogP contribution in [0.4, 0.5) is 0 Å². The van der Waals surface area contributed by atoms with Crippen LogP contribution in [0.1, 0.15) is 85.5 Å². The molecule has 3 heteroatoms. The predicted molar refractivity (Wildman–Crippen MR) is 109 cm³/mol. The highest BCUT2D eigenvalue weighted by molar-refractivity contribution is 5.76. The van der Waals surface area contributed by atoms with Crippen molar-refractivity contribution in [3.05, 3.63) is 0 Å². The molecule has 1 N–H and O–H groups in total. The van der Waals surface area contributed by atoms with Gasteiger partial charge in [-0.1, -0.05) is 6.92 Å². The number of aliphatic hydroxyl groups is 1. The van der Waals surface area contributed by atoms with Crippen LogP contribution in [0.2, 0.25) is 0 Å². The van der Waals surface area contributed by atoms with Crippen LogP contribution in [0, 0.1) is 52.3 Å². The summed E-state index contributed by atoms with van der Waals surface area (Å²) in [6.45, 7) is 9.19. The quantitative estimate of drug-likeness (QED) is 0.676. The van der Waals surface area contributed by atoms with Gasteiger partial charge in [-0.15, -0.1) is 0 Å². The second-order valence-electron chi connectivity index (χ2n) is 11.9. The Morgan fingerprint density at radius 1 is 0.964 bits per heavy atom. The molecule has 5 aliphatic rings. The first-order valence-electron chi connectivity index (χ1n) is 12.1. The van der Waals surface area contributed by atoms with Gasteiger partial charge in [-0.05, 0) is 125 Å². The van der Waals surface area contributed by atoms with Crippen molar-refractivity contribution in [3.8, 4) is 0 Å². The largest absolute Gasteiger partial charge is 0.466 e. The molecule has 0 heterocycles. The fourth-order valence-corrected chi connectivity index (χ4v) is 9.33. The van der Waals surface area contributed by atoms with Gasteiger partial charge in [0.1, 0.15) is 0 Å². The van der Waals surface area contributed by atoms with E-state index >= 15 is 0 Å². The monoisotopic (exact) mass is 388 g/mol. The highest BCUT2D eigenvalue weighted by Gasteiger charge is 2.66. The maximum absolute atomic E-state index is 12.8. The third kappa shape index (κ3) is 2.53. The third-order valence-electron chi connectivity index (χ3n) is 10.6. The topological polar surface area (TPSA) is 46.5 Å². The van der Waals surface area contributed by atoms with E-state index in [1.165, 1.54) is 44.9 Å². The number of ether oxygens (including phenoxy) is 1. The molecule has 1 unspecified atom stereocenters. The number of rotatable bonds is 3. The van der Waals surface area contributed by atoms with E-state index in [1.54, 1.807) is 0 Å².